The third-order valence-electron chi connectivity index (χ3n) is 3.43. The van der Waals surface area contributed by atoms with E-state index in [0.29, 0.717) is 18.7 Å². The molecule has 21 heavy (non-hydrogen) atoms. The zero-order chi connectivity index (χ0) is 14.7. The SMILES string of the molecule is NCc1ccc(Cn2cc(-c3ccccc3)cn2)c(F)c1. The van der Waals surface area contributed by atoms with Gasteiger partial charge in [-0.2, -0.15) is 5.10 Å². The van der Waals surface area contributed by atoms with Gasteiger partial charge in [0.1, 0.15) is 5.82 Å². The van der Waals surface area contributed by atoms with Crippen molar-refractivity contribution in [3.63, 3.8) is 0 Å². The number of aromatic nitrogens is 2. The summed E-state index contributed by atoms with van der Waals surface area (Å²) in [7, 11) is 0. The molecule has 1 aromatic heterocycles. The Hall–Kier alpha value is -2.46. The molecule has 0 radical (unpaired) electrons. The first-order chi connectivity index (χ1) is 10.3. The largest absolute Gasteiger partial charge is 0.326 e. The molecule has 4 heteroatoms. The van der Waals surface area contributed by atoms with Crippen molar-refractivity contribution in [1.29, 1.82) is 0 Å². The summed E-state index contributed by atoms with van der Waals surface area (Å²) in [6, 6.07) is 15.1. The lowest BCUT2D eigenvalue weighted by atomic mass is 10.1. The highest BCUT2D eigenvalue weighted by Crippen LogP contribution is 2.19. The lowest BCUT2D eigenvalue weighted by Gasteiger charge is -2.05. The molecule has 0 aliphatic carbocycles. The number of nitrogens with two attached hydrogens (primary N) is 1. The van der Waals surface area contributed by atoms with Gasteiger partial charge in [-0.15, -0.1) is 0 Å². The van der Waals surface area contributed by atoms with Crippen molar-refractivity contribution in [3.8, 4) is 11.1 Å². The van der Waals surface area contributed by atoms with Gasteiger partial charge in [-0.3, -0.25) is 4.68 Å². The highest BCUT2D eigenvalue weighted by molar-refractivity contribution is 5.61. The van der Waals surface area contributed by atoms with Gasteiger partial charge in [0.2, 0.25) is 0 Å². The predicted molar refractivity (Wildman–Crippen MR) is 81.1 cm³/mol. The molecule has 0 aliphatic heterocycles. The number of nitrogens with zero attached hydrogens (tertiary/aromatic N) is 2. The first kappa shape index (κ1) is 13.5. The Morgan fingerprint density at radius 3 is 2.57 bits per heavy atom. The zero-order valence-electron chi connectivity index (χ0n) is 11.5. The van der Waals surface area contributed by atoms with Crippen molar-refractivity contribution in [3.05, 3.63) is 77.9 Å². The quantitative estimate of drug-likeness (QED) is 0.798. The Morgan fingerprint density at radius 2 is 1.86 bits per heavy atom. The van der Waals surface area contributed by atoms with Gasteiger partial charge in [-0.1, -0.05) is 42.5 Å². The highest BCUT2D eigenvalue weighted by atomic mass is 19.1. The topological polar surface area (TPSA) is 43.8 Å². The molecule has 3 rings (SSSR count). The van der Waals surface area contributed by atoms with Gasteiger partial charge in [0.15, 0.2) is 0 Å². The van der Waals surface area contributed by atoms with E-state index in [1.165, 1.54) is 6.07 Å². The summed E-state index contributed by atoms with van der Waals surface area (Å²) in [5.74, 6) is -0.241. The number of benzene rings is 2. The summed E-state index contributed by atoms with van der Waals surface area (Å²) in [5, 5.41) is 4.30. The van der Waals surface area contributed by atoms with Gasteiger partial charge in [0.25, 0.3) is 0 Å². The van der Waals surface area contributed by atoms with Gasteiger partial charge in [0.05, 0.1) is 12.7 Å². The average molecular weight is 281 g/mol. The van der Waals surface area contributed by atoms with Crippen LogP contribution in [0.5, 0.6) is 0 Å². The van der Waals surface area contributed by atoms with E-state index in [2.05, 4.69) is 5.10 Å². The van der Waals surface area contributed by atoms with Gasteiger partial charge in [-0.25, -0.2) is 4.39 Å². The standard InChI is InChI=1S/C17H16FN3/c18-17-8-13(9-19)6-7-15(17)11-21-12-16(10-20-21)14-4-2-1-3-5-14/h1-8,10,12H,9,11,19H2. The van der Waals surface area contributed by atoms with Crippen LogP contribution in [0.15, 0.2) is 60.9 Å². The molecular weight excluding hydrogens is 265 g/mol. The van der Waals surface area contributed by atoms with Crippen LogP contribution in [0.2, 0.25) is 0 Å². The van der Waals surface area contributed by atoms with Crippen LogP contribution in [0.1, 0.15) is 11.1 Å². The molecule has 0 saturated heterocycles. The fourth-order valence-corrected chi connectivity index (χ4v) is 2.25. The minimum Gasteiger partial charge on any atom is -0.326 e. The summed E-state index contributed by atoms with van der Waals surface area (Å²) in [5.41, 5.74) is 9.03. The molecule has 0 amide bonds. The predicted octanol–water partition coefficient (Wildman–Crippen LogP) is 3.20. The lowest BCUT2D eigenvalue weighted by molar-refractivity contribution is 0.583. The molecule has 0 bridgehead atoms. The van der Waals surface area contributed by atoms with Gasteiger partial charge < -0.3 is 5.73 Å². The Morgan fingerprint density at radius 1 is 1.05 bits per heavy atom. The van der Waals surface area contributed by atoms with Crippen LogP contribution in [0.25, 0.3) is 11.1 Å². The molecule has 3 nitrogen and oxygen atoms in total. The van der Waals surface area contributed by atoms with E-state index in [9.17, 15) is 4.39 Å². The zero-order valence-corrected chi connectivity index (χ0v) is 11.5. The molecule has 2 aromatic carbocycles. The first-order valence-corrected chi connectivity index (χ1v) is 6.81. The van der Waals surface area contributed by atoms with E-state index >= 15 is 0 Å². The molecule has 3 aromatic rings. The monoisotopic (exact) mass is 281 g/mol. The molecular formula is C17H16FN3. The minimum absolute atomic E-state index is 0.241. The second-order valence-corrected chi connectivity index (χ2v) is 4.92. The fraction of sp³-hybridized carbons (Fsp3) is 0.118. The van der Waals surface area contributed by atoms with Crippen molar-refractivity contribution in [2.24, 2.45) is 5.73 Å². The Kier molecular flexibility index (Phi) is 3.79. The van der Waals surface area contributed by atoms with E-state index in [0.717, 1.165) is 16.7 Å². The number of hydrogen-bond acceptors (Lipinski definition) is 2. The molecule has 0 atom stereocenters. The molecule has 106 valence electrons. The van der Waals surface area contributed by atoms with Crippen molar-refractivity contribution in [2.45, 2.75) is 13.1 Å². The smallest absolute Gasteiger partial charge is 0.128 e. The Labute approximate surface area is 122 Å². The third-order valence-corrected chi connectivity index (χ3v) is 3.43. The summed E-state index contributed by atoms with van der Waals surface area (Å²) >= 11 is 0. The van der Waals surface area contributed by atoms with Crippen LogP contribution in [-0.2, 0) is 13.1 Å². The lowest BCUT2D eigenvalue weighted by Crippen LogP contribution is -2.04. The summed E-state index contributed by atoms with van der Waals surface area (Å²) in [6.07, 6.45) is 3.72. The number of halogens is 1. The maximum absolute atomic E-state index is 14.0. The summed E-state index contributed by atoms with van der Waals surface area (Å²) in [6.45, 7) is 0.751. The fourth-order valence-electron chi connectivity index (χ4n) is 2.25. The van der Waals surface area contributed by atoms with Crippen molar-refractivity contribution < 1.29 is 4.39 Å². The Bertz CT molecular complexity index is 735. The van der Waals surface area contributed by atoms with Crippen LogP contribution in [-0.4, -0.2) is 9.78 Å². The maximum atomic E-state index is 14.0. The van der Waals surface area contributed by atoms with Gasteiger partial charge in [0, 0.05) is 23.9 Å². The summed E-state index contributed by atoms with van der Waals surface area (Å²) in [4.78, 5) is 0. The van der Waals surface area contributed by atoms with Crippen LogP contribution in [0.3, 0.4) is 0 Å². The molecule has 0 saturated carbocycles. The Balaban J connectivity index is 1.82. The second kappa shape index (κ2) is 5.89. The summed E-state index contributed by atoms with van der Waals surface area (Å²) < 4.78 is 15.7. The van der Waals surface area contributed by atoms with E-state index in [-0.39, 0.29) is 5.82 Å². The molecule has 0 aliphatic rings. The van der Waals surface area contributed by atoms with Crippen molar-refractivity contribution in [2.75, 3.05) is 0 Å². The second-order valence-electron chi connectivity index (χ2n) is 4.92. The van der Waals surface area contributed by atoms with Crippen LogP contribution < -0.4 is 5.73 Å². The molecule has 0 fully saturated rings. The first-order valence-electron chi connectivity index (χ1n) is 6.81. The van der Waals surface area contributed by atoms with Crippen LogP contribution >= 0.6 is 0 Å². The van der Waals surface area contributed by atoms with E-state index in [4.69, 9.17) is 5.73 Å². The van der Waals surface area contributed by atoms with Crippen molar-refractivity contribution in [1.82, 2.24) is 9.78 Å². The van der Waals surface area contributed by atoms with E-state index in [1.54, 1.807) is 16.9 Å². The van der Waals surface area contributed by atoms with E-state index < -0.39 is 0 Å². The number of rotatable bonds is 4. The number of hydrogen-bond donors (Lipinski definition) is 1. The molecule has 0 unspecified atom stereocenters. The van der Waals surface area contributed by atoms with Crippen LogP contribution in [0.4, 0.5) is 4.39 Å². The van der Waals surface area contributed by atoms with Gasteiger partial charge >= 0.3 is 0 Å². The van der Waals surface area contributed by atoms with E-state index in [1.807, 2.05) is 42.6 Å². The van der Waals surface area contributed by atoms with Crippen LogP contribution in [0, 0.1) is 5.82 Å². The normalized spacial score (nSPS) is 10.8. The van der Waals surface area contributed by atoms with Crippen molar-refractivity contribution >= 4 is 0 Å². The molecule has 2 N–H and O–H groups in total. The third kappa shape index (κ3) is 3.01. The average Bonchev–Trinajstić information content (AvgIpc) is 2.99. The highest BCUT2D eigenvalue weighted by Gasteiger charge is 2.06. The molecule has 0 spiro atoms. The molecule has 1 heterocycles. The van der Waals surface area contributed by atoms with Gasteiger partial charge in [-0.05, 0) is 17.2 Å². The maximum Gasteiger partial charge on any atom is 0.128 e. The minimum atomic E-state index is -0.241.